The van der Waals surface area contributed by atoms with E-state index in [1.807, 2.05) is 0 Å². The van der Waals surface area contributed by atoms with Gasteiger partial charge in [0, 0.05) is 0 Å². The summed E-state index contributed by atoms with van der Waals surface area (Å²) in [6, 6.07) is 0. The van der Waals surface area contributed by atoms with E-state index in [0.717, 1.165) is 12.8 Å². The van der Waals surface area contributed by atoms with Crippen LogP contribution in [0.3, 0.4) is 0 Å². The Labute approximate surface area is 119 Å². The molecule has 0 spiro atoms. The molecule has 112 valence electrons. The second kappa shape index (κ2) is 13.6. The lowest BCUT2D eigenvalue weighted by molar-refractivity contribution is 0.387. The summed E-state index contributed by atoms with van der Waals surface area (Å²) in [7, 11) is 8.45. The number of hydrogen-bond acceptors (Lipinski definition) is 3. The van der Waals surface area contributed by atoms with E-state index in [4.69, 9.17) is 4.74 Å². The lowest BCUT2D eigenvalue weighted by atomic mass is 10.2. The van der Waals surface area contributed by atoms with Crippen molar-refractivity contribution >= 4 is 0 Å². The van der Waals surface area contributed by atoms with Crippen LogP contribution in [0.2, 0.25) is 0 Å². The second-order valence-electron chi connectivity index (χ2n) is 5.48. The minimum absolute atomic E-state index is 1.10. The fourth-order valence-corrected chi connectivity index (χ4v) is 1.67. The number of unbranched alkanes of at least 4 members (excludes halogenated alkanes) is 4. The van der Waals surface area contributed by atoms with Crippen molar-refractivity contribution in [3.8, 4) is 0 Å². The summed E-state index contributed by atoms with van der Waals surface area (Å²) in [5.74, 6) is 0. The molecular weight excluding hydrogens is 236 g/mol. The van der Waals surface area contributed by atoms with Crippen molar-refractivity contribution in [3.05, 3.63) is 24.7 Å². The van der Waals surface area contributed by atoms with Crippen LogP contribution >= 0.6 is 0 Å². The van der Waals surface area contributed by atoms with Crippen LogP contribution in [0.15, 0.2) is 24.7 Å². The summed E-state index contributed by atoms with van der Waals surface area (Å²) in [6.07, 6.45) is 15.0. The molecule has 0 heterocycles. The Morgan fingerprint density at radius 3 is 1.47 bits per heavy atom. The molecule has 0 atom stereocenters. The topological polar surface area (TPSA) is 15.7 Å². The monoisotopic (exact) mass is 268 g/mol. The number of hydrogen-bond donors (Lipinski definition) is 0. The van der Waals surface area contributed by atoms with E-state index in [1.54, 1.807) is 12.5 Å². The Balaban J connectivity index is 3.23. The molecule has 0 aliphatic carbocycles. The van der Waals surface area contributed by atoms with Gasteiger partial charge in [0.05, 0.1) is 12.5 Å². The number of allylic oxidation sites excluding steroid dienone is 2. The molecule has 0 aliphatic rings. The fourth-order valence-electron chi connectivity index (χ4n) is 1.67. The van der Waals surface area contributed by atoms with Gasteiger partial charge in [-0.25, -0.2) is 0 Å². The summed E-state index contributed by atoms with van der Waals surface area (Å²) in [6.45, 7) is 2.34. The first-order chi connectivity index (χ1) is 9.13. The minimum Gasteiger partial charge on any atom is -0.473 e. The molecule has 3 heteroatoms. The summed E-state index contributed by atoms with van der Waals surface area (Å²) in [5.41, 5.74) is 0. The van der Waals surface area contributed by atoms with Crippen molar-refractivity contribution in [1.82, 2.24) is 9.80 Å². The Morgan fingerprint density at radius 1 is 0.684 bits per heavy atom. The van der Waals surface area contributed by atoms with Crippen molar-refractivity contribution in [2.75, 3.05) is 41.3 Å². The van der Waals surface area contributed by atoms with Gasteiger partial charge in [-0.15, -0.1) is 0 Å². The van der Waals surface area contributed by atoms with E-state index in [-0.39, 0.29) is 0 Å². The van der Waals surface area contributed by atoms with Crippen molar-refractivity contribution in [2.45, 2.75) is 38.5 Å². The van der Waals surface area contributed by atoms with E-state index >= 15 is 0 Å². The first-order valence-corrected chi connectivity index (χ1v) is 7.38. The quantitative estimate of drug-likeness (QED) is 0.398. The number of nitrogens with zero attached hydrogens (tertiary/aromatic N) is 2. The predicted octanol–water partition coefficient (Wildman–Crippen LogP) is 3.49. The van der Waals surface area contributed by atoms with Gasteiger partial charge in [-0.05, 0) is 92.0 Å². The Kier molecular flexibility index (Phi) is 13.1. The molecule has 0 fully saturated rings. The third-order valence-electron chi connectivity index (χ3n) is 2.80. The van der Waals surface area contributed by atoms with Crippen molar-refractivity contribution in [1.29, 1.82) is 0 Å². The smallest absolute Gasteiger partial charge is 0.0861 e. The maximum atomic E-state index is 5.31. The molecule has 0 aromatic rings. The molecule has 0 aromatic heterocycles. The van der Waals surface area contributed by atoms with E-state index in [1.165, 1.54) is 38.8 Å². The zero-order valence-corrected chi connectivity index (χ0v) is 13.3. The van der Waals surface area contributed by atoms with E-state index in [0.29, 0.717) is 0 Å². The Hall–Kier alpha value is -0.800. The van der Waals surface area contributed by atoms with Crippen LogP contribution in [0.25, 0.3) is 0 Å². The van der Waals surface area contributed by atoms with Gasteiger partial charge >= 0.3 is 0 Å². The average Bonchev–Trinajstić information content (AvgIpc) is 2.34. The van der Waals surface area contributed by atoms with Crippen LogP contribution in [0.4, 0.5) is 0 Å². The van der Waals surface area contributed by atoms with E-state index in [2.05, 4.69) is 50.1 Å². The highest BCUT2D eigenvalue weighted by molar-refractivity contribution is 4.80. The van der Waals surface area contributed by atoms with Crippen LogP contribution in [0, 0.1) is 0 Å². The molecule has 19 heavy (non-hydrogen) atoms. The third-order valence-corrected chi connectivity index (χ3v) is 2.80. The molecule has 0 radical (unpaired) electrons. The molecule has 0 N–H and O–H groups in total. The molecule has 0 aliphatic heterocycles. The van der Waals surface area contributed by atoms with E-state index < -0.39 is 0 Å². The largest absolute Gasteiger partial charge is 0.473 e. The molecule has 0 amide bonds. The first kappa shape index (κ1) is 18.2. The highest BCUT2D eigenvalue weighted by Crippen LogP contribution is 1.99. The van der Waals surface area contributed by atoms with Crippen LogP contribution in [0.5, 0.6) is 0 Å². The molecule has 0 saturated carbocycles. The summed E-state index contributed by atoms with van der Waals surface area (Å²) in [5, 5.41) is 0. The van der Waals surface area contributed by atoms with Crippen molar-refractivity contribution in [2.24, 2.45) is 0 Å². The molecular formula is C16H32N2O. The van der Waals surface area contributed by atoms with Crippen LogP contribution in [0.1, 0.15) is 38.5 Å². The minimum atomic E-state index is 1.10. The van der Waals surface area contributed by atoms with Crippen molar-refractivity contribution < 1.29 is 4.74 Å². The molecule has 0 unspecified atom stereocenters. The summed E-state index contributed by atoms with van der Waals surface area (Å²) < 4.78 is 5.31. The van der Waals surface area contributed by atoms with Gasteiger partial charge in [0.15, 0.2) is 0 Å². The molecule has 0 aromatic carbocycles. The molecule has 0 rings (SSSR count). The fraction of sp³-hybridized carbons (Fsp3) is 0.750. The van der Waals surface area contributed by atoms with Crippen LogP contribution in [-0.2, 0) is 4.74 Å². The van der Waals surface area contributed by atoms with Gasteiger partial charge in [-0.2, -0.15) is 0 Å². The van der Waals surface area contributed by atoms with Gasteiger partial charge in [-0.3, -0.25) is 0 Å². The van der Waals surface area contributed by atoms with Gasteiger partial charge < -0.3 is 14.5 Å². The van der Waals surface area contributed by atoms with Crippen LogP contribution in [-0.4, -0.2) is 51.1 Å². The van der Waals surface area contributed by atoms with Gasteiger partial charge in [0.1, 0.15) is 0 Å². The number of ether oxygens (including phenoxy) is 1. The van der Waals surface area contributed by atoms with E-state index in [9.17, 15) is 0 Å². The molecule has 3 nitrogen and oxygen atoms in total. The lowest BCUT2D eigenvalue weighted by Crippen LogP contribution is -2.12. The predicted molar refractivity (Wildman–Crippen MR) is 84.2 cm³/mol. The summed E-state index contributed by atoms with van der Waals surface area (Å²) >= 11 is 0. The average molecular weight is 268 g/mol. The second-order valence-corrected chi connectivity index (χ2v) is 5.48. The molecule has 0 saturated heterocycles. The zero-order valence-electron chi connectivity index (χ0n) is 13.3. The highest BCUT2D eigenvalue weighted by atomic mass is 16.5. The normalized spacial score (nSPS) is 12.3. The Bertz CT molecular complexity index is 211. The van der Waals surface area contributed by atoms with Gasteiger partial charge in [0.2, 0.25) is 0 Å². The zero-order chi connectivity index (χ0) is 14.3. The Morgan fingerprint density at radius 2 is 1.11 bits per heavy atom. The SMILES string of the molecule is CN(C)CCCCC=COC=CCCCCN(C)C. The van der Waals surface area contributed by atoms with Crippen LogP contribution < -0.4 is 0 Å². The third kappa shape index (κ3) is 17.2. The van der Waals surface area contributed by atoms with Crippen molar-refractivity contribution in [3.63, 3.8) is 0 Å². The number of rotatable bonds is 12. The van der Waals surface area contributed by atoms with Gasteiger partial charge in [0.25, 0.3) is 0 Å². The highest BCUT2D eigenvalue weighted by Gasteiger charge is 1.89. The maximum absolute atomic E-state index is 5.31. The van der Waals surface area contributed by atoms with Gasteiger partial charge in [-0.1, -0.05) is 0 Å². The maximum Gasteiger partial charge on any atom is 0.0861 e. The summed E-state index contributed by atoms with van der Waals surface area (Å²) in [4.78, 5) is 4.44. The standard InChI is InChI=1S/C16H32N2O/c1-17(2)13-9-5-7-11-15-19-16-12-8-6-10-14-18(3)4/h11-12,15-16H,5-10,13-14H2,1-4H3. The first-order valence-electron chi connectivity index (χ1n) is 7.38. The molecule has 0 bridgehead atoms. The lowest BCUT2D eigenvalue weighted by Gasteiger charge is -2.07.